The van der Waals surface area contributed by atoms with E-state index < -0.39 is 11.0 Å². The fourth-order valence-corrected chi connectivity index (χ4v) is 3.89. The van der Waals surface area contributed by atoms with Gasteiger partial charge >= 0.3 is 6.09 Å². The highest BCUT2D eigenvalue weighted by molar-refractivity contribution is 7.10. The Kier molecular flexibility index (Phi) is 6.71. The molecule has 1 N–H and O–H groups in total. The maximum atomic E-state index is 12.7. The SMILES string of the molecule is CC(C)(C)OC(=O)N1CCOC[C@@H]1c1nc(-c2ccc(NC(=O)C(C)(C)C)cc2)cs1. The molecule has 0 aliphatic carbocycles. The maximum Gasteiger partial charge on any atom is 0.411 e. The van der Waals surface area contributed by atoms with Crippen LogP contribution in [-0.2, 0) is 14.3 Å². The average Bonchev–Trinajstić information content (AvgIpc) is 3.16. The Morgan fingerprint density at radius 3 is 2.45 bits per heavy atom. The Balaban J connectivity index is 1.74. The lowest BCUT2D eigenvalue weighted by Crippen LogP contribution is -2.45. The summed E-state index contributed by atoms with van der Waals surface area (Å²) in [6, 6.07) is 7.33. The molecule has 1 aromatic heterocycles. The first kappa shape index (κ1) is 23.2. The minimum Gasteiger partial charge on any atom is -0.444 e. The number of anilines is 1. The molecule has 1 aromatic carbocycles. The summed E-state index contributed by atoms with van der Waals surface area (Å²) in [5.41, 5.74) is 1.50. The van der Waals surface area contributed by atoms with E-state index in [9.17, 15) is 9.59 Å². The van der Waals surface area contributed by atoms with Gasteiger partial charge in [0.05, 0.1) is 18.9 Å². The molecule has 2 aromatic rings. The van der Waals surface area contributed by atoms with Crippen LogP contribution in [0.4, 0.5) is 10.5 Å². The predicted octanol–water partition coefficient (Wildman–Crippen LogP) is 5.10. The van der Waals surface area contributed by atoms with Crippen molar-refractivity contribution in [2.24, 2.45) is 5.41 Å². The van der Waals surface area contributed by atoms with Gasteiger partial charge in [-0.1, -0.05) is 32.9 Å². The second kappa shape index (κ2) is 8.96. The van der Waals surface area contributed by atoms with Crippen LogP contribution in [0.5, 0.6) is 0 Å². The van der Waals surface area contributed by atoms with Crippen LogP contribution < -0.4 is 5.32 Å². The largest absolute Gasteiger partial charge is 0.444 e. The number of rotatable bonds is 3. The Bertz CT molecular complexity index is 926. The van der Waals surface area contributed by atoms with E-state index in [-0.39, 0.29) is 18.0 Å². The van der Waals surface area contributed by atoms with Crippen LogP contribution in [0.2, 0.25) is 0 Å². The quantitative estimate of drug-likeness (QED) is 0.711. The minimum absolute atomic E-state index is 0.0317. The molecule has 168 valence electrons. The number of thiazole rings is 1. The third-order valence-corrected chi connectivity index (χ3v) is 5.63. The van der Waals surface area contributed by atoms with Gasteiger partial charge in [0.25, 0.3) is 0 Å². The Morgan fingerprint density at radius 2 is 1.84 bits per heavy atom. The predicted molar refractivity (Wildman–Crippen MR) is 122 cm³/mol. The summed E-state index contributed by atoms with van der Waals surface area (Å²) in [6.07, 6.45) is -0.350. The first-order chi connectivity index (χ1) is 14.4. The molecule has 31 heavy (non-hydrogen) atoms. The molecule has 2 heterocycles. The highest BCUT2D eigenvalue weighted by Crippen LogP contribution is 2.32. The van der Waals surface area contributed by atoms with Crippen molar-refractivity contribution in [1.82, 2.24) is 9.88 Å². The third-order valence-electron chi connectivity index (χ3n) is 4.68. The van der Waals surface area contributed by atoms with E-state index in [0.29, 0.717) is 19.8 Å². The summed E-state index contributed by atoms with van der Waals surface area (Å²) in [5.74, 6) is -0.0317. The van der Waals surface area contributed by atoms with Gasteiger partial charge in [-0.25, -0.2) is 9.78 Å². The number of morpholine rings is 1. The first-order valence-corrected chi connectivity index (χ1v) is 11.3. The molecule has 8 heteroatoms. The average molecular weight is 446 g/mol. The second-order valence-electron chi connectivity index (χ2n) is 9.62. The highest BCUT2D eigenvalue weighted by atomic mass is 32.1. The monoisotopic (exact) mass is 445 g/mol. The van der Waals surface area contributed by atoms with E-state index in [1.54, 1.807) is 4.90 Å². The molecule has 0 saturated carbocycles. The standard InChI is InChI=1S/C23H31N3O4S/c1-22(2,3)20(27)24-16-9-7-15(8-10-16)17-14-31-19(25-17)18-13-29-12-11-26(18)21(28)30-23(4,5)6/h7-10,14,18H,11-13H2,1-6H3,(H,24,27)/t18-/m1/s1. The number of carbonyl (C=O) groups is 2. The molecule has 1 aliphatic rings. The van der Waals surface area contributed by atoms with Gasteiger partial charge in [0.1, 0.15) is 16.7 Å². The number of aromatic nitrogens is 1. The van der Waals surface area contributed by atoms with E-state index in [1.807, 2.05) is 71.2 Å². The number of carbonyl (C=O) groups excluding carboxylic acids is 2. The van der Waals surface area contributed by atoms with Crippen LogP contribution in [0.15, 0.2) is 29.6 Å². The zero-order valence-electron chi connectivity index (χ0n) is 19.0. The topological polar surface area (TPSA) is 80.8 Å². The van der Waals surface area contributed by atoms with Gasteiger partial charge in [-0.3, -0.25) is 9.69 Å². The van der Waals surface area contributed by atoms with Gasteiger partial charge in [0, 0.05) is 28.6 Å². The lowest BCUT2D eigenvalue weighted by molar-refractivity contribution is -0.123. The van der Waals surface area contributed by atoms with Crippen molar-refractivity contribution in [3.63, 3.8) is 0 Å². The molecule has 1 aliphatic heterocycles. The highest BCUT2D eigenvalue weighted by Gasteiger charge is 2.33. The number of nitrogens with zero attached hydrogens (tertiary/aromatic N) is 2. The first-order valence-electron chi connectivity index (χ1n) is 10.4. The zero-order chi connectivity index (χ0) is 22.8. The molecule has 1 saturated heterocycles. The normalized spacial score (nSPS) is 17.4. The number of ether oxygens (including phenoxy) is 2. The molecule has 7 nitrogen and oxygen atoms in total. The molecule has 0 radical (unpaired) electrons. The zero-order valence-corrected chi connectivity index (χ0v) is 19.8. The van der Waals surface area contributed by atoms with Crippen LogP contribution in [-0.4, -0.2) is 47.2 Å². The Morgan fingerprint density at radius 1 is 1.16 bits per heavy atom. The van der Waals surface area contributed by atoms with Gasteiger partial charge in [0.2, 0.25) is 5.91 Å². The number of amides is 2. The van der Waals surface area contributed by atoms with Crippen molar-refractivity contribution in [1.29, 1.82) is 0 Å². The summed E-state index contributed by atoms with van der Waals surface area (Å²) >= 11 is 1.50. The van der Waals surface area contributed by atoms with Gasteiger partial charge in [-0.2, -0.15) is 0 Å². The van der Waals surface area contributed by atoms with Crippen LogP contribution in [0.3, 0.4) is 0 Å². The molecule has 0 bridgehead atoms. The summed E-state index contributed by atoms with van der Waals surface area (Å²) in [4.78, 5) is 31.3. The molecule has 0 spiro atoms. The van der Waals surface area contributed by atoms with Crippen molar-refractivity contribution in [2.75, 3.05) is 25.1 Å². The molecule has 2 amide bonds. The molecule has 3 rings (SSSR count). The second-order valence-corrected chi connectivity index (χ2v) is 10.5. The van der Waals surface area contributed by atoms with E-state index in [0.717, 1.165) is 22.0 Å². The summed E-state index contributed by atoms with van der Waals surface area (Å²) < 4.78 is 11.2. The Hall–Kier alpha value is -2.45. The fourth-order valence-electron chi connectivity index (χ4n) is 2.96. The lowest BCUT2D eigenvalue weighted by Gasteiger charge is -2.35. The minimum atomic E-state index is -0.557. The van der Waals surface area contributed by atoms with Crippen LogP contribution in [0, 0.1) is 5.41 Å². The lowest BCUT2D eigenvalue weighted by atomic mass is 9.95. The van der Waals surface area contributed by atoms with Crippen LogP contribution in [0.1, 0.15) is 52.6 Å². The molecular weight excluding hydrogens is 414 g/mol. The van der Waals surface area contributed by atoms with Crippen molar-refractivity contribution in [3.05, 3.63) is 34.7 Å². The summed E-state index contributed by atoms with van der Waals surface area (Å²) in [6.45, 7) is 12.5. The van der Waals surface area contributed by atoms with E-state index in [4.69, 9.17) is 14.5 Å². The summed E-state index contributed by atoms with van der Waals surface area (Å²) in [5, 5.41) is 5.71. The molecule has 1 atom stereocenters. The molecule has 0 unspecified atom stereocenters. The third kappa shape index (κ3) is 6.04. The number of benzene rings is 1. The van der Waals surface area contributed by atoms with E-state index in [1.165, 1.54) is 11.3 Å². The number of nitrogens with one attached hydrogen (secondary N) is 1. The van der Waals surface area contributed by atoms with Gasteiger partial charge in [0.15, 0.2) is 0 Å². The van der Waals surface area contributed by atoms with Crippen molar-refractivity contribution < 1.29 is 19.1 Å². The van der Waals surface area contributed by atoms with Crippen molar-refractivity contribution >= 4 is 29.0 Å². The summed E-state index contributed by atoms with van der Waals surface area (Å²) in [7, 11) is 0. The van der Waals surface area contributed by atoms with Gasteiger partial charge in [-0.05, 0) is 32.9 Å². The smallest absolute Gasteiger partial charge is 0.411 e. The Labute approximate surface area is 187 Å². The van der Waals surface area contributed by atoms with Crippen molar-refractivity contribution in [3.8, 4) is 11.3 Å². The van der Waals surface area contributed by atoms with Crippen LogP contribution >= 0.6 is 11.3 Å². The number of hydrogen-bond acceptors (Lipinski definition) is 6. The van der Waals surface area contributed by atoms with E-state index in [2.05, 4.69) is 5.32 Å². The number of hydrogen-bond donors (Lipinski definition) is 1. The maximum absolute atomic E-state index is 12.7. The van der Waals surface area contributed by atoms with Crippen molar-refractivity contribution in [2.45, 2.75) is 53.2 Å². The molecule has 1 fully saturated rings. The molecular formula is C23H31N3O4S. The van der Waals surface area contributed by atoms with Gasteiger partial charge in [-0.15, -0.1) is 11.3 Å². The van der Waals surface area contributed by atoms with E-state index >= 15 is 0 Å². The fraction of sp³-hybridized carbons (Fsp3) is 0.522. The van der Waals surface area contributed by atoms with Gasteiger partial charge < -0.3 is 14.8 Å². The van der Waals surface area contributed by atoms with Crippen LogP contribution in [0.25, 0.3) is 11.3 Å².